The Morgan fingerprint density at radius 1 is 1.10 bits per heavy atom. The molecule has 1 N–H and O–H groups in total. The summed E-state index contributed by atoms with van der Waals surface area (Å²) in [5.74, 6) is 1.30. The van der Waals surface area contributed by atoms with Crippen molar-refractivity contribution in [3.8, 4) is 11.5 Å². The number of oxime groups is 1. The number of benzene rings is 2. The number of carbonyl (C=O) groups excluding carboxylic acids is 1. The third-order valence-electron chi connectivity index (χ3n) is 4.96. The highest BCUT2D eigenvalue weighted by Gasteiger charge is 2.20. The minimum atomic E-state index is -0.0900. The van der Waals surface area contributed by atoms with Crippen LogP contribution in [0.4, 0.5) is 10.5 Å². The third kappa shape index (κ3) is 4.86. The van der Waals surface area contributed by atoms with Crippen LogP contribution in [0.25, 0.3) is 11.5 Å². The molecular weight excluding hydrogens is 380 g/mol. The molecular formula is C23H24N4O3. The highest BCUT2D eigenvalue weighted by Crippen LogP contribution is 2.22. The second kappa shape index (κ2) is 9.26. The Kier molecular flexibility index (Phi) is 6.08. The lowest BCUT2D eigenvalue weighted by Crippen LogP contribution is -2.41. The molecule has 0 atom stereocenters. The number of aryl methyl sites for hydroxylation is 1. The second-order valence-corrected chi connectivity index (χ2v) is 7.10. The molecule has 0 aliphatic carbocycles. The summed E-state index contributed by atoms with van der Waals surface area (Å²) in [6.45, 7) is 3.35. The number of carbonyl (C=O) groups is 1. The lowest BCUT2D eigenvalue weighted by molar-refractivity contribution is 0.124. The van der Waals surface area contributed by atoms with Crippen molar-refractivity contribution in [3.05, 3.63) is 72.1 Å². The molecule has 4 rings (SSSR count). The van der Waals surface area contributed by atoms with Crippen molar-refractivity contribution in [2.75, 3.05) is 18.4 Å². The van der Waals surface area contributed by atoms with E-state index in [1.54, 1.807) is 4.90 Å². The van der Waals surface area contributed by atoms with Crippen LogP contribution in [0.3, 0.4) is 0 Å². The highest BCUT2D eigenvalue weighted by atomic mass is 16.6. The molecule has 1 aliphatic heterocycles. The maximum atomic E-state index is 12.4. The maximum absolute atomic E-state index is 12.4. The number of hydrogen-bond donors (Lipinski definition) is 1. The number of nitrogens with one attached hydrogen (secondary N) is 1. The van der Waals surface area contributed by atoms with E-state index in [9.17, 15) is 4.79 Å². The van der Waals surface area contributed by atoms with E-state index in [4.69, 9.17) is 9.25 Å². The van der Waals surface area contributed by atoms with Crippen molar-refractivity contribution in [2.24, 2.45) is 5.16 Å². The number of para-hydroxylation sites is 1. The first-order chi connectivity index (χ1) is 14.7. The Labute approximate surface area is 175 Å². The van der Waals surface area contributed by atoms with E-state index in [1.165, 1.54) is 0 Å². The molecule has 7 nitrogen and oxygen atoms in total. The Bertz CT molecular complexity index is 1010. The zero-order valence-corrected chi connectivity index (χ0v) is 16.9. The van der Waals surface area contributed by atoms with E-state index in [-0.39, 0.29) is 12.6 Å². The number of rotatable bonds is 5. The third-order valence-corrected chi connectivity index (χ3v) is 4.96. The number of hydrogen-bond acceptors (Lipinski definition) is 5. The minimum absolute atomic E-state index is 0.0900. The summed E-state index contributed by atoms with van der Waals surface area (Å²) in [6, 6.07) is 19.1. The van der Waals surface area contributed by atoms with Gasteiger partial charge in [0.25, 0.3) is 0 Å². The summed E-state index contributed by atoms with van der Waals surface area (Å²) in [4.78, 5) is 24.2. The summed E-state index contributed by atoms with van der Waals surface area (Å²) in [6.07, 6.45) is 1.38. The first-order valence-electron chi connectivity index (χ1n) is 9.99. The van der Waals surface area contributed by atoms with Crippen LogP contribution in [0.1, 0.15) is 24.3 Å². The van der Waals surface area contributed by atoms with Gasteiger partial charge in [0.15, 0.2) is 6.61 Å². The first kappa shape index (κ1) is 19.7. The molecule has 1 aliphatic rings. The van der Waals surface area contributed by atoms with E-state index in [1.807, 2.05) is 67.6 Å². The monoisotopic (exact) mass is 404 g/mol. The molecule has 0 spiro atoms. The highest BCUT2D eigenvalue weighted by molar-refractivity contribution is 5.92. The van der Waals surface area contributed by atoms with Crippen LogP contribution in [0, 0.1) is 6.92 Å². The lowest BCUT2D eigenvalue weighted by Gasteiger charge is -2.27. The van der Waals surface area contributed by atoms with Gasteiger partial charge in [-0.3, -0.25) is 0 Å². The van der Waals surface area contributed by atoms with Gasteiger partial charge in [-0.25, -0.2) is 9.78 Å². The maximum Gasteiger partial charge on any atom is 0.321 e. The normalized spacial score (nSPS) is 13.8. The van der Waals surface area contributed by atoms with Crippen molar-refractivity contribution in [1.29, 1.82) is 0 Å². The van der Waals surface area contributed by atoms with Gasteiger partial charge < -0.3 is 19.5 Å². The van der Waals surface area contributed by atoms with Crippen LogP contribution < -0.4 is 5.32 Å². The molecule has 0 unspecified atom stereocenters. The van der Waals surface area contributed by atoms with Crippen LogP contribution >= 0.6 is 0 Å². The number of amides is 2. The predicted molar refractivity (Wildman–Crippen MR) is 115 cm³/mol. The van der Waals surface area contributed by atoms with Crippen LogP contribution in [0.5, 0.6) is 0 Å². The van der Waals surface area contributed by atoms with Crippen molar-refractivity contribution >= 4 is 17.4 Å². The predicted octanol–water partition coefficient (Wildman–Crippen LogP) is 4.85. The molecule has 1 aromatic heterocycles. The molecule has 154 valence electrons. The molecule has 1 saturated heterocycles. The first-order valence-corrected chi connectivity index (χ1v) is 9.99. The van der Waals surface area contributed by atoms with Crippen LogP contribution in [-0.2, 0) is 11.4 Å². The number of aromatic nitrogens is 1. The average molecular weight is 404 g/mol. The largest absolute Gasteiger partial charge is 0.441 e. The topological polar surface area (TPSA) is 80.0 Å². The van der Waals surface area contributed by atoms with Crippen LogP contribution in [-0.4, -0.2) is 34.7 Å². The molecule has 0 radical (unpaired) electrons. The molecule has 1 fully saturated rings. The van der Waals surface area contributed by atoms with Crippen LogP contribution in [0.2, 0.25) is 0 Å². The van der Waals surface area contributed by atoms with Crippen molar-refractivity contribution in [2.45, 2.75) is 26.4 Å². The van der Waals surface area contributed by atoms with Gasteiger partial charge in [-0.1, -0.05) is 41.6 Å². The second-order valence-electron chi connectivity index (χ2n) is 7.10. The summed E-state index contributed by atoms with van der Waals surface area (Å²) >= 11 is 0. The molecule has 30 heavy (non-hydrogen) atoms. The van der Waals surface area contributed by atoms with Crippen molar-refractivity contribution in [3.63, 3.8) is 0 Å². The number of piperidine rings is 1. The fourth-order valence-electron chi connectivity index (χ4n) is 3.23. The number of anilines is 1. The van der Waals surface area contributed by atoms with Crippen LogP contribution in [0.15, 0.2) is 70.2 Å². The van der Waals surface area contributed by atoms with Crippen molar-refractivity contribution < 1.29 is 14.0 Å². The summed E-state index contributed by atoms with van der Waals surface area (Å²) in [5, 5.41) is 7.17. The fourth-order valence-corrected chi connectivity index (χ4v) is 3.23. The van der Waals surface area contributed by atoms with E-state index >= 15 is 0 Å². The molecule has 2 amide bonds. The minimum Gasteiger partial charge on any atom is -0.441 e. The zero-order chi connectivity index (χ0) is 20.8. The zero-order valence-electron chi connectivity index (χ0n) is 16.9. The van der Waals surface area contributed by atoms with Gasteiger partial charge >= 0.3 is 6.03 Å². The smallest absolute Gasteiger partial charge is 0.321 e. The summed E-state index contributed by atoms with van der Waals surface area (Å²) < 4.78 is 5.74. The molecule has 2 aromatic carbocycles. The quantitative estimate of drug-likeness (QED) is 0.617. The van der Waals surface area contributed by atoms with Crippen molar-refractivity contribution in [1.82, 2.24) is 9.88 Å². The van der Waals surface area contributed by atoms with E-state index in [0.717, 1.165) is 28.4 Å². The Hall–Kier alpha value is -3.61. The Balaban J connectivity index is 1.26. The molecule has 7 heteroatoms. The Morgan fingerprint density at radius 3 is 2.47 bits per heavy atom. The van der Waals surface area contributed by atoms with Gasteiger partial charge in [0.05, 0.1) is 5.71 Å². The average Bonchev–Trinajstić information content (AvgIpc) is 3.16. The molecule has 2 heterocycles. The lowest BCUT2D eigenvalue weighted by atomic mass is 10.1. The molecule has 0 bridgehead atoms. The van der Waals surface area contributed by atoms with Gasteiger partial charge in [0, 0.05) is 37.2 Å². The SMILES string of the molecule is Cc1oc(-c2ccccc2)nc1CON=C1CCN(C(=O)Nc2ccccc2)CC1. The van der Waals surface area contributed by atoms with E-state index in [2.05, 4.69) is 15.5 Å². The summed E-state index contributed by atoms with van der Waals surface area (Å²) in [5.41, 5.74) is 3.41. The van der Waals surface area contributed by atoms with Gasteiger partial charge in [0.1, 0.15) is 11.5 Å². The number of oxazole rings is 1. The number of urea groups is 1. The van der Waals surface area contributed by atoms with E-state index < -0.39 is 0 Å². The Morgan fingerprint density at radius 2 is 1.77 bits per heavy atom. The summed E-state index contributed by atoms with van der Waals surface area (Å²) in [7, 11) is 0. The van der Waals surface area contributed by atoms with Gasteiger partial charge in [-0.15, -0.1) is 0 Å². The van der Waals surface area contributed by atoms with Gasteiger partial charge in [0.2, 0.25) is 5.89 Å². The standard InChI is InChI=1S/C23H24N4O3/c1-17-21(25-22(30-17)18-8-4-2-5-9-18)16-29-26-20-12-14-27(15-13-20)23(28)24-19-10-6-3-7-11-19/h2-11H,12-16H2,1H3,(H,24,28). The van der Waals surface area contributed by atoms with Gasteiger partial charge in [-0.2, -0.15) is 0 Å². The number of likely N-dealkylation sites (tertiary alicyclic amines) is 1. The molecule has 0 saturated carbocycles. The van der Waals surface area contributed by atoms with E-state index in [0.29, 0.717) is 31.8 Å². The fraction of sp³-hybridized carbons (Fsp3) is 0.261. The number of nitrogens with zero attached hydrogens (tertiary/aromatic N) is 3. The van der Waals surface area contributed by atoms with Gasteiger partial charge in [-0.05, 0) is 31.2 Å². The molecule has 3 aromatic rings.